The Balaban J connectivity index is 2.41. The number of carbonyl (C=O) groups is 2. The van der Waals surface area contributed by atoms with Gasteiger partial charge >= 0.3 is 5.97 Å². The van der Waals surface area contributed by atoms with Crippen molar-refractivity contribution in [2.24, 2.45) is 5.73 Å². The van der Waals surface area contributed by atoms with E-state index < -0.39 is 17.9 Å². The average Bonchev–Trinajstić information content (AvgIpc) is 2.71. The molecule has 0 aromatic carbocycles. The van der Waals surface area contributed by atoms with Crippen molar-refractivity contribution in [2.75, 3.05) is 6.61 Å². The van der Waals surface area contributed by atoms with Crippen LogP contribution in [-0.2, 0) is 20.9 Å². The average molecular weight is 241 g/mol. The Morgan fingerprint density at radius 1 is 1.65 bits per heavy atom. The zero-order chi connectivity index (χ0) is 12.8. The van der Waals surface area contributed by atoms with Crippen molar-refractivity contribution >= 4 is 11.9 Å². The standard InChI is InChI=1S/C10H15N3O4/c1-3-16-10(15)8(11)9(14)12-5-7-4-6(2)17-13-7/h4,8H,3,5,11H2,1-2H3,(H,12,14). The quantitative estimate of drug-likeness (QED) is 0.531. The predicted molar refractivity (Wildman–Crippen MR) is 57.7 cm³/mol. The van der Waals surface area contributed by atoms with Crippen LogP contribution in [0.25, 0.3) is 0 Å². The number of carbonyl (C=O) groups excluding carboxylic acids is 2. The van der Waals surface area contributed by atoms with Crippen LogP contribution in [0.15, 0.2) is 10.6 Å². The summed E-state index contributed by atoms with van der Waals surface area (Å²) in [6, 6.07) is 0.360. The molecule has 0 aliphatic rings. The van der Waals surface area contributed by atoms with E-state index in [4.69, 9.17) is 10.3 Å². The van der Waals surface area contributed by atoms with Crippen LogP contribution in [0.4, 0.5) is 0 Å². The van der Waals surface area contributed by atoms with Crippen LogP contribution in [0.3, 0.4) is 0 Å². The molecule has 0 bridgehead atoms. The van der Waals surface area contributed by atoms with Gasteiger partial charge in [0.1, 0.15) is 11.5 Å². The third-order valence-corrected chi connectivity index (χ3v) is 1.94. The van der Waals surface area contributed by atoms with E-state index in [-0.39, 0.29) is 13.2 Å². The molecule has 17 heavy (non-hydrogen) atoms. The first-order valence-electron chi connectivity index (χ1n) is 5.16. The Bertz CT molecular complexity index is 402. The number of ether oxygens (including phenoxy) is 1. The molecule has 1 rings (SSSR count). The molecule has 1 amide bonds. The number of aryl methyl sites for hydroxylation is 1. The molecule has 0 spiro atoms. The van der Waals surface area contributed by atoms with Crippen molar-refractivity contribution in [1.82, 2.24) is 10.5 Å². The van der Waals surface area contributed by atoms with Gasteiger partial charge in [0.2, 0.25) is 5.91 Å². The molecule has 0 saturated carbocycles. The molecule has 1 atom stereocenters. The van der Waals surface area contributed by atoms with Gasteiger partial charge in [-0.1, -0.05) is 5.16 Å². The Hall–Kier alpha value is -1.89. The molecule has 7 nitrogen and oxygen atoms in total. The van der Waals surface area contributed by atoms with Crippen LogP contribution in [-0.4, -0.2) is 29.7 Å². The number of esters is 1. The van der Waals surface area contributed by atoms with Crippen molar-refractivity contribution in [3.05, 3.63) is 17.5 Å². The maximum absolute atomic E-state index is 11.4. The molecule has 1 aromatic heterocycles. The minimum atomic E-state index is -1.32. The molecule has 0 fully saturated rings. The highest BCUT2D eigenvalue weighted by molar-refractivity contribution is 6.01. The second kappa shape index (κ2) is 6.00. The van der Waals surface area contributed by atoms with Gasteiger partial charge in [0.25, 0.3) is 0 Å². The van der Waals surface area contributed by atoms with Crippen LogP contribution in [0.1, 0.15) is 18.4 Å². The summed E-state index contributed by atoms with van der Waals surface area (Å²) < 4.78 is 9.44. The van der Waals surface area contributed by atoms with Gasteiger partial charge in [-0.25, -0.2) is 4.79 Å². The number of rotatable bonds is 5. The molecule has 94 valence electrons. The Morgan fingerprint density at radius 3 is 2.88 bits per heavy atom. The highest BCUT2D eigenvalue weighted by Crippen LogP contribution is 2.00. The smallest absolute Gasteiger partial charge is 0.332 e. The first kappa shape index (κ1) is 13.2. The van der Waals surface area contributed by atoms with Crippen molar-refractivity contribution in [3.63, 3.8) is 0 Å². The van der Waals surface area contributed by atoms with Crippen LogP contribution >= 0.6 is 0 Å². The summed E-state index contributed by atoms with van der Waals surface area (Å²) in [4.78, 5) is 22.6. The zero-order valence-corrected chi connectivity index (χ0v) is 9.73. The van der Waals surface area contributed by atoms with Gasteiger partial charge in [-0.15, -0.1) is 0 Å². The van der Waals surface area contributed by atoms with Gasteiger partial charge < -0.3 is 20.3 Å². The van der Waals surface area contributed by atoms with Gasteiger partial charge in [0.05, 0.1) is 13.2 Å². The summed E-state index contributed by atoms with van der Waals surface area (Å²) in [5, 5.41) is 6.15. The second-order valence-corrected chi connectivity index (χ2v) is 3.38. The molecule has 7 heteroatoms. The number of hydrogen-bond acceptors (Lipinski definition) is 6. The van der Waals surface area contributed by atoms with Gasteiger partial charge in [-0.3, -0.25) is 4.79 Å². The normalized spacial score (nSPS) is 11.9. The zero-order valence-electron chi connectivity index (χ0n) is 9.73. The van der Waals surface area contributed by atoms with Gasteiger partial charge in [-0.2, -0.15) is 0 Å². The lowest BCUT2D eigenvalue weighted by Crippen LogP contribution is -2.46. The van der Waals surface area contributed by atoms with Crippen LogP contribution in [0.2, 0.25) is 0 Å². The topological polar surface area (TPSA) is 107 Å². The predicted octanol–water partition coefficient (Wildman–Crippen LogP) is -0.510. The number of nitrogens with two attached hydrogens (primary N) is 1. The Morgan fingerprint density at radius 2 is 2.35 bits per heavy atom. The molecule has 0 aliphatic heterocycles. The number of nitrogens with zero attached hydrogens (tertiary/aromatic N) is 1. The van der Waals surface area contributed by atoms with Crippen LogP contribution in [0.5, 0.6) is 0 Å². The fraction of sp³-hybridized carbons (Fsp3) is 0.500. The van der Waals surface area contributed by atoms with E-state index in [1.54, 1.807) is 19.9 Å². The summed E-state index contributed by atoms with van der Waals surface area (Å²) in [5.41, 5.74) is 5.95. The van der Waals surface area contributed by atoms with Crippen molar-refractivity contribution in [3.8, 4) is 0 Å². The summed E-state index contributed by atoms with van der Waals surface area (Å²) in [5.74, 6) is -0.714. The molecular formula is C10H15N3O4. The number of aromatic nitrogens is 1. The van der Waals surface area contributed by atoms with Crippen molar-refractivity contribution < 1.29 is 18.8 Å². The number of amides is 1. The van der Waals surface area contributed by atoms with E-state index in [0.717, 1.165) is 0 Å². The molecular weight excluding hydrogens is 226 g/mol. The minimum absolute atomic E-state index is 0.156. The molecule has 1 heterocycles. The summed E-state index contributed by atoms with van der Waals surface area (Å²) in [6.45, 7) is 3.72. The van der Waals surface area contributed by atoms with E-state index in [9.17, 15) is 9.59 Å². The monoisotopic (exact) mass is 241 g/mol. The summed E-state index contributed by atoms with van der Waals surface area (Å²) >= 11 is 0. The third-order valence-electron chi connectivity index (χ3n) is 1.94. The Labute approximate surface area is 98.3 Å². The molecule has 0 aliphatic carbocycles. The number of hydrogen-bond donors (Lipinski definition) is 2. The lowest BCUT2D eigenvalue weighted by molar-refractivity contribution is -0.148. The van der Waals surface area contributed by atoms with Crippen LogP contribution in [0, 0.1) is 6.92 Å². The lowest BCUT2D eigenvalue weighted by Gasteiger charge is -2.09. The summed E-state index contributed by atoms with van der Waals surface area (Å²) in [7, 11) is 0. The molecule has 3 N–H and O–H groups in total. The van der Waals surface area contributed by atoms with Crippen LogP contribution < -0.4 is 11.1 Å². The maximum atomic E-state index is 11.4. The van der Waals surface area contributed by atoms with E-state index in [2.05, 4.69) is 15.2 Å². The molecule has 0 radical (unpaired) electrons. The van der Waals surface area contributed by atoms with Crippen molar-refractivity contribution in [2.45, 2.75) is 26.4 Å². The Kier molecular flexibility index (Phi) is 4.65. The van der Waals surface area contributed by atoms with Gasteiger partial charge in [0, 0.05) is 6.07 Å². The van der Waals surface area contributed by atoms with E-state index >= 15 is 0 Å². The van der Waals surface area contributed by atoms with Crippen molar-refractivity contribution in [1.29, 1.82) is 0 Å². The molecule has 1 unspecified atom stereocenters. The second-order valence-electron chi connectivity index (χ2n) is 3.38. The minimum Gasteiger partial charge on any atom is -0.464 e. The fourth-order valence-corrected chi connectivity index (χ4v) is 1.13. The SMILES string of the molecule is CCOC(=O)C(N)C(=O)NCc1cc(C)on1. The van der Waals surface area contributed by atoms with E-state index in [0.29, 0.717) is 11.5 Å². The largest absolute Gasteiger partial charge is 0.464 e. The first-order valence-corrected chi connectivity index (χ1v) is 5.16. The molecule has 0 saturated heterocycles. The first-order chi connectivity index (χ1) is 8.04. The summed E-state index contributed by atoms with van der Waals surface area (Å²) in [6.07, 6.45) is 0. The highest BCUT2D eigenvalue weighted by atomic mass is 16.5. The number of nitrogens with one attached hydrogen (secondary N) is 1. The highest BCUT2D eigenvalue weighted by Gasteiger charge is 2.23. The van der Waals surface area contributed by atoms with Gasteiger partial charge in [-0.05, 0) is 13.8 Å². The van der Waals surface area contributed by atoms with E-state index in [1.165, 1.54) is 0 Å². The fourth-order valence-electron chi connectivity index (χ4n) is 1.13. The van der Waals surface area contributed by atoms with E-state index in [1.807, 2.05) is 0 Å². The van der Waals surface area contributed by atoms with Gasteiger partial charge in [0.15, 0.2) is 6.04 Å². The maximum Gasteiger partial charge on any atom is 0.332 e. The third kappa shape index (κ3) is 3.87. The molecule has 1 aromatic rings. The lowest BCUT2D eigenvalue weighted by atomic mass is 10.3.